The molecule has 2 saturated heterocycles. The molecule has 0 bridgehead atoms. The van der Waals surface area contributed by atoms with E-state index < -0.39 is 6.03 Å². The van der Waals surface area contributed by atoms with Gasteiger partial charge in [-0.1, -0.05) is 23.7 Å². The highest BCUT2D eigenvalue weighted by Crippen LogP contribution is 2.44. The molecule has 11 nitrogen and oxygen atoms in total. The van der Waals surface area contributed by atoms with Crippen molar-refractivity contribution >= 4 is 29.1 Å². The molecule has 3 N–H and O–H groups in total. The van der Waals surface area contributed by atoms with Crippen LogP contribution in [-0.4, -0.2) is 97.7 Å². The average Bonchev–Trinajstić information content (AvgIpc) is 3.50. The third-order valence-electron chi connectivity index (χ3n) is 7.05. The minimum atomic E-state index is -0.420. The zero-order valence-electron chi connectivity index (χ0n) is 21.3. The largest absolute Gasteiger partial charge is 0.492 e. The van der Waals surface area contributed by atoms with Gasteiger partial charge in [0.05, 0.1) is 54.0 Å². The van der Waals surface area contributed by atoms with Gasteiger partial charge in [0, 0.05) is 43.9 Å². The van der Waals surface area contributed by atoms with E-state index in [0.717, 1.165) is 32.8 Å². The molecule has 2 aromatic carbocycles. The number of H-pyrrole nitrogens is 1. The molecule has 204 valence electrons. The van der Waals surface area contributed by atoms with Gasteiger partial charge in [0.2, 0.25) is 0 Å². The van der Waals surface area contributed by atoms with Gasteiger partial charge in [-0.3, -0.25) is 20.2 Å². The highest BCUT2D eigenvalue weighted by molar-refractivity contribution is 6.34. The molecule has 2 aliphatic heterocycles. The van der Waals surface area contributed by atoms with Crippen molar-refractivity contribution in [2.45, 2.75) is 0 Å². The zero-order chi connectivity index (χ0) is 26.8. The van der Waals surface area contributed by atoms with E-state index in [1.54, 1.807) is 23.2 Å². The van der Waals surface area contributed by atoms with Crippen LogP contribution in [0.1, 0.15) is 15.9 Å². The van der Waals surface area contributed by atoms with Gasteiger partial charge in [0.1, 0.15) is 18.1 Å². The van der Waals surface area contributed by atoms with Crippen LogP contribution in [0.15, 0.2) is 36.4 Å². The number of hydrogen-bond acceptors (Lipinski definition) is 8. The van der Waals surface area contributed by atoms with Gasteiger partial charge in [-0.15, -0.1) is 0 Å². The molecule has 2 fully saturated rings. The summed E-state index contributed by atoms with van der Waals surface area (Å²) in [5.41, 5.74) is 6.41. The van der Waals surface area contributed by atoms with Crippen LogP contribution >= 0.6 is 11.6 Å². The van der Waals surface area contributed by atoms with E-state index in [2.05, 4.69) is 25.8 Å². The summed E-state index contributed by atoms with van der Waals surface area (Å²) in [6, 6.07) is 10.3. The standard InChI is InChI=1S/C27H29ClN6O5/c28-20-16-17(39-15-8-33-6-11-37-12-7-33)4-5-18(20)24-23-25(31-30-24)19-2-1-3-21(22(19)26(23)35)29-27(36)32-34-9-13-38-14-10-34/h1-5,16H,6-15H2,(H,30,31)(H2,29,32,36). The normalized spacial score (nSPS) is 17.5. The van der Waals surface area contributed by atoms with Crippen LogP contribution in [0.5, 0.6) is 5.75 Å². The average molecular weight is 553 g/mol. The maximum atomic E-state index is 13.7. The summed E-state index contributed by atoms with van der Waals surface area (Å²) in [6.07, 6.45) is 0. The molecule has 39 heavy (non-hydrogen) atoms. The molecule has 0 radical (unpaired) electrons. The second-order valence-electron chi connectivity index (χ2n) is 9.49. The van der Waals surface area contributed by atoms with Crippen molar-refractivity contribution in [1.82, 2.24) is 25.5 Å². The van der Waals surface area contributed by atoms with E-state index in [1.807, 2.05) is 18.2 Å². The number of amides is 2. The summed E-state index contributed by atoms with van der Waals surface area (Å²) in [6.45, 7) is 6.93. The number of ketones is 1. The van der Waals surface area contributed by atoms with Crippen LogP contribution < -0.4 is 15.5 Å². The van der Waals surface area contributed by atoms with E-state index >= 15 is 0 Å². The molecular weight excluding hydrogens is 524 g/mol. The number of anilines is 1. The summed E-state index contributed by atoms with van der Waals surface area (Å²) in [7, 11) is 0. The smallest absolute Gasteiger partial charge is 0.333 e. The van der Waals surface area contributed by atoms with Gasteiger partial charge in [-0.25, -0.2) is 9.80 Å². The van der Waals surface area contributed by atoms with Gasteiger partial charge in [0.25, 0.3) is 0 Å². The van der Waals surface area contributed by atoms with Crippen LogP contribution in [0.3, 0.4) is 0 Å². The molecular formula is C27H29ClN6O5. The van der Waals surface area contributed by atoms with Crippen molar-refractivity contribution in [3.8, 4) is 28.3 Å². The lowest BCUT2D eigenvalue weighted by molar-refractivity contribution is 0.0207. The van der Waals surface area contributed by atoms with Gasteiger partial charge in [-0.05, 0) is 24.3 Å². The van der Waals surface area contributed by atoms with Crippen molar-refractivity contribution in [3.63, 3.8) is 0 Å². The molecule has 0 saturated carbocycles. The molecule has 0 atom stereocenters. The number of carbonyl (C=O) groups is 2. The van der Waals surface area contributed by atoms with E-state index in [0.29, 0.717) is 83.0 Å². The van der Waals surface area contributed by atoms with E-state index in [-0.39, 0.29) is 5.78 Å². The molecule has 12 heteroatoms. The SMILES string of the molecule is O=C(Nc1cccc2c1C(=O)c1c-2n[nH]c1-c1ccc(OCCN2CCOCC2)cc1Cl)NN1CCOCC1. The third kappa shape index (κ3) is 5.36. The second kappa shape index (κ2) is 11.3. The number of nitrogens with one attached hydrogen (secondary N) is 3. The van der Waals surface area contributed by atoms with Crippen molar-refractivity contribution in [1.29, 1.82) is 0 Å². The zero-order valence-corrected chi connectivity index (χ0v) is 22.1. The van der Waals surface area contributed by atoms with Crippen molar-refractivity contribution in [2.75, 3.05) is 71.1 Å². The lowest BCUT2D eigenvalue weighted by atomic mass is 10.0. The third-order valence-corrected chi connectivity index (χ3v) is 7.36. The van der Waals surface area contributed by atoms with Gasteiger partial charge in [0.15, 0.2) is 5.78 Å². The quantitative estimate of drug-likeness (QED) is 0.320. The van der Waals surface area contributed by atoms with Crippen molar-refractivity contribution in [3.05, 3.63) is 52.5 Å². The Morgan fingerprint density at radius 2 is 1.79 bits per heavy atom. The summed E-state index contributed by atoms with van der Waals surface area (Å²) >= 11 is 6.66. The van der Waals surface area contributed by atoms with E-state index in [1.165, 1.54) is 0 Å². The molecule has 2 amide bonds. The summed E-state index contributed by atoms with van der Waals surface area (Å²) < 4.78 is 16.6. The fourth-order valence-electron chi connectivity index (χ4n) is 5.05. The number of hydrogen-bond donors (Lipinski definition) is 3. The summed E-state index contributed by atoms with van der Waals surface area (Å²) in [5.74, 6) is 0.425. The van der Waals surface area contributed by atoms with Gasteiger partial charge in [-0.2, -0.15) is 5.10 Å². The number of nitrogens with zero attached hydrogens (tertiary/aromatic N) is 3. The maximum absolute atomic E-state index is 13.7. The molecule has 1 aromatic heterocycles. The predicted molar refractivity (Wildman–Crippen MR) is 145 cm³/mol. The summed E-state index contributed by atoms with van der Waals surface area (Å²) in [5, 5.41) is 12.5. The number of hydrazine groups is 1. The number of urea groups is 1. The monoisotopic (exact) mass is 552 g/mol. The first-order valence-electron chi connectivity index (χ1n) is 13.0. The number of carbonyl (C=O) groups excluding carboxylic acids is 2. The fourth-order valence-corrected chi connectivity index (χ4v) is 5.32. The first kappa shape index (κ1) is 25.8. The Labute approximate surface area is 230 Å². The first-order valence-corrected chi connectivity index (χ1v) is 13.4. The van der Waals surface area contributed by atoms with Crippen molar-refractivity contribution < 1.29 is 23.8 Å². The maximum Gasteiger partial charge on any atom is 0.333 e. The van der Waals surface area contributed by atoms with Crippen LogP contribution in [0.25, 0.3) is 22.5 Å². The Morgan fingerprint density at radius 3 is 2.56 bits per heavy atom. The van der Waals surface area contributed by atoms with E-state index in [4.69, 9.17) is 25.8 Å². The number of ether oxygens (including phenoxy) is 3. The number of rotatable bonds is 7. The molecule has 0 spiro atoms. The predicted octanol–water partition coefficient (Wildman–Crippen LogP) is 3.02. The van der Waals surface area contributed by atoms with Crippen LogP contribution in [0.4, 0.5) is 10.5 Å². The van der Waals surface area contributed by atoms with Crippen LogP contribution in [-0.2, 0) is 9.47 Å². The molecule has 1 aliphatic carbocycles. The Kier molecular flexibility index (Phi) is 7.49. The number of fused-ring (bicyclic) bond motifs is 3. The van der Waals surface area contributed by atoms with Crippen molar-refractivity contribution in [2.24, 2.45) is 0 Å². The number of morpholine rings is 2. The molecule has 0 unspecified atom stereocenters. The minimum Gasteiger partial charge on any atom is -0.492 e. The highest BCUT2D eigenvalue weighted by atomic mass is 35.5. The lowest BCUT2D eigenvalue weighted by Crippen LogP contribution is -2.49. The number of aromatic amines is 1. The number of benzene rings is 2. The molecule has 6 rings (SSSR count). The lowest BCUT2D eigenvalue weighted by Gasteiger charge is -2.27. The van der Waals surface area contributed by atoms with Crippen LogP contribution in [0.2, 0.25) is 5.02 Å². The molecule has 3 heterocycles. The highest BCUT2D eigenvalue weighted by Gasteiger charge is 2.35. The minimum absolute atomic E-state index is 0.229. The van der Waals surface area contributed by atoms with E-state index in [9.17, 15) is 9.59 Å². The second-order valence-corrected chi connectivity index (χ2v) is 9.90. The van der Waals surface area contributed by atoms with Gasteiger partial charge >= 0.3 is 6.03 Å². The number of halogens is 1. The Balaban J connectivity index is 1.17. The first-order chi connectivity index (χ1) is 19.1. The Morgan fingerprint density at radius 1 is 1.03 bits per heavy atom. The summed E-state index contributed by atoms with van der Waals surface area (Å²) in [4.78, 5) is 28.6. The van der Waals surface area contributed by atoms with Crippen LogP contribution in [0, 0.1) is 0 Å². The molecule has 3 aliphatic rings. The Bertz CT molecular complexity index is 1380. The topological polar surface area (TPSA) is 121 Å². The van der Waals surface area contributed by atoms with Gasteiger partial charge < -0.3 is 19.5 Å². The fraction of sp³-hybridized carbons (Fsp3) is 0.370. The Hall–Kier alpha value is -3.48. The molecule has 3 aromatic rings. The number of aromatic nitrogens is 2.